The van der Waals surface area contributed by atoms with Crippen LogP contribution in [0, 0.1) is 21.4 Å². The number of nitrogens with two attached hydrogens (primary N) is 1. The van der Waals surface area contributed by atoms with Crippen LogP contribution in [-0.2, 0) is 5.41 Å². The SMILES string of the molecule is CC(C)(C)c1ccc(-c2cc(-c3cccc([N+](=O)[O-])c3)nc(N)c2C#N)cc1. The second-order valence-electron chi connectivity index (χ2n) is 7.56. The van der Waals surface area contributed by atoms with E-state index in [1.165, 1.54) is 17.7 Å². The topological polar surface area (TPSA) is 106 Å². The molecule has 0 unspecified atom stereocenters. The molecule has 28 heavy (non-hydrogen) atoms. The lowest BCUT2D eigenvalue weighted by Gasteiger charge is -2.19. The summed E-state index contributed by atoms with van der Waals surface area (Å²) in [4.78, 5) is 14.9. The number of rotatable bonds is 3. The Bertz CT molecular complexity index is 1090. The van der Waals surface area contributed by atoms with Gasteiger partial charge in [0.2, 0.25) is 0 Å². The maximum Gasteiger partial charge on any atom is 0.270 e. The van der Waals surface area contributed by atoms with E-state index in [4.69, 9.17) is 5.73 Å². The quantitative estimate of drug-likeness (QED) is 0.510. The zero-order valence-corrected chi connectivity index (χ0v) is 15.9. The van der Waals surface area contributed by atoms with Gasteiger partial charge in [0.05, 0.1) is 10.6 Å². The van der Waals surface area contributed by atoms with Gasteiger partial charge in [-0.3, -0.25) is 10.1 Å². The lowest BCUT2D eigenvalue weighted by atomic mass is 9.86. The van der Waals surface area contributed by atoms with Crippen molar-refractivity contribution in [2.75, 3.05) is 5.73 Å². The van der Waals surface area contributed by atoms with Crippen molar-refractivity contribution >= 4 is 11.5 Å². The third-order valence-electron chi connectivity index (χ3n) is 4.57. The molecule has 0 radical (unpaired) electrons. The van der Waals surface area contributed by atoms with Crippen molar-refractivity contribution in [1.82, 2.24) is 4.98 Å². The molecule has 6 nitrogen and oxygen atoms in total. The summed E-state index contributed by atoms with van der Waals surface area (Å²) in [7, 11) is 0. The first-order chi connectivity index (χ1) is 13.2. The van der Waals surface area contributed by atoms with E-state index in [0.29, 0.717) is 16.8 Å². The van der Waals surface area contributed by atoms with Crippen LogP contribution in [0.25, 0.3) is 22.4 Å². The number of hydrogen-bond donors (Lipinski definition) is 1. The molecular weight excluding hydrogens is 352 g/mol. The van der Waals surface area contributed by atoms with Crippen LogP contribution in [0.1, 0.15) is 31.9 Å². The molecule has 0 aliphatic rings. The Hall–Kier alpha value is -3.72. The van der Waals surface area contributed by atoms with Crippen molar-refractivity contribution in [2.45, 2.75) is 26.2 Å². The van der Waals surface area contributed by atoms with Gasteiger partial charge in [-0.25, -0.2) is 4.98 Å². The van der Waals surface area contributed by atoms with E-state index in [9.17, 15) is 15.4 Å². The second-order valence-corrected chi connectivity index (χ2v) is 7.56. The van der Waals surface area contributed by atoms with Crippen LogP contribution in [0.3, 0.4) is 0 Å². The maximum atomic E-state index is 11.1. The third kappa shape index (κ3) is 3.69. The smallest absolute Gasteiger partial charge is 0.270 e. The molecular formula is C22H20N4O2. The molecule has 0 atom stereocenters. The highest BCUT2D eigenvalue weighted by Crippen LogP contribution is 2.33. The van der Waals surface area contributed by atoms with E-state index in [0.717, 1.165) is 5.56 Å². The van der Waals surface area contributed by atoms with Crippen LogP contribution in [-0.4, -0.2) is 9.91 Å². The minimum atomic E-state index is -0.456. The number of nitrogens with zero attached hydrogens (tertiary/aromatic N) is 3. The zero-order valence-electron chi connectivity index (χ0n) is 15.9. The van der Waals surface area contributed by atoms with Gasteiger partial charge in [0.1, 0.15) is 17.5 Å². The summed E-state index contributed by atoms with van der Waals surface area (Å²) in [6.45, 7) is 6.40. The summed E-state index contributed by atoms with van der Waals surface area (Å²) >= 11 is 0. The van der Waals surface area contributed by atoms with Gasteiger partial charge in [0, 0.05) is 23.3 Å². The summed E-state index contributed by atoms with van der Waals surface area (Å²) < 4.78 is 0. The summed E-state index contributed by atoms with van der Waals surface area (Å²) in [6.07, 6.45) is 0. The fourth-order valence-electron chi connectivity index (χ4n) is 2.99. The van der Waals surface area contributed by atoms with Gasteiger partial charge in [0.15, 0.2) is 0 Å². The summed E-state index contributed by atoms with van der Waals surface area (Å²) in [5, 5.41) is 20.6. The molecule has 2 aromatic carbocycles. The maximum absolute atomic E-state index is 11.1. The molecule has 2 N–H and O–H groups in total. The number of nitro benzene ring substituents is 1. The predicted octanol–water partition coefficient (Wildman–Crippen LogP) is 5.08. The Morgan fingerprint density at radius 1 is 1.07 bits per heavy atom. The van der Waals surface area contributed by atoms with Gasteiger partial charge in [-0.2, -0.15) is 5.26 Å². The molecule has 6 heteroatoms. The number of hydrogen-bond acceptors (Lipinski definition) is 5. The lowest BCUT2D eigenvalue weighted by molar-refractivity contribution is -0.384. The van der Waals surface area contributed by atoms with Gasteiger partial charge in [-0.1, -0.05) is 57.2 Å². The highest BCUT2D eigenvalue weighted by molar-refractivity contribution is 5.80. The summed E-state index contributed by atoms with van der Waals surface area (Å²) in [6, 6.07) is 18.0. The molecule has 140 valence electrons. The van der Waals surface area contributed by atoms with E-state index in [1.807, 2.05) is 24.3 Å². The van der Waals surface area contributed by atoms with Crippen molar-refractivity contribution in [3.8, 4) is 28.5 Å². The normalized spacial score (nSPS) is 11.1. The molecule has 3 aromatic rings. The Balaban J connectivity index is 2.15. The Kier molecular flexibility index (Phi) is 4.85. The van der Waals surface area contributed by atoms with Crippen LogP contribution in [0.4, 0.5) is 11.5 Å². The molecule has 0 amide bonds. The number of nitriles is 1. The van der Waals surface area contributed by atoms with E-state index < -0.39 is 4.92 Å². The molecule has 3 rings (SSSR count). The molecule has 0 aliphatic carbocycles. The third-order valence-corrected chi connectivity index (χ3v) is 4.57. The minimum Gasteiger partial charge on any atom is -0.383 e. The van der Waals surface area contributed by atoms with Gasteiger partial charge in [-0.05, 0) is 22.6 Å². The van der Waals surface area contributed by atoms with E-state index in [1.54, 1.807) is 18.2 Å². The molecule has 0 aliphatic heterocycles. The first kappa shape index (κ1) is 19.1. The molecule has 0 saturated carbocycles. The highest BCUT2D eigenvalue weighted by Gasteiger charge is 2.17. The van der Waals surface area contributed by atoms with Gasteiger partial charge < -0.3 is 5.73 Å². The molecule has 1 aromatic heterocycles. The number of benzene rings is 2. The lowest BCUT2D eigenvalue weighted by Crippen LogP contribution is -2.10. The van der Waals surface area contributed by atoms with E-state index in [-0.39, 0.29) is 22.5 Å². The van der Waals surface area contributed by atoms with Crippen LogP contribution in [0.2, 0.25) is 0 Å². The van der Waals surface area contributed by atoms with E-state index in [2.05, 4.69) is 31.8 Å². The molecule has 0 spiro atoms. The summed E-state index contributed by atoms with van der Waals surface area (Å²) in [5.41, 5.74) is 10.0. The van der Waals surface area contributed by atoms with Gasteiger partial charge >= 0.3 is 0 Å². The van der Waals surface area contributed by atoms with Crippen LogP contribution in [0.5, 0.6) is 0 Å². The molecule has 1 heterocycles. The van der Waals surface area contributed by atoms with E-state index >= 15 is 0 Å². The minimum absolute atomic E-state index is 0.0159. The number of non-ortho nitro benzene ring substituents is 1. The largest absolute Gasteiger partial charge is 0.383 e. The number of anilines is 1. The Morgan fingerprint density at radius 2 is 1.75 bits per heavy atom. The number of pyridine rings is 1. The Morgan fingerprint density at radius 3 is 2.32 bits per heavy atom. The molecule has 0 saturated heterocycles. The number of nitrogen functional groups attached to an aromatic ring is 1. The predicted molar refractivity (Wildman–Crippen MR) is 110 cm³/mol. The number of nitro groups is 1. The summed E-state index contributed by atoms with van der Waals surface area (Å²) in [5.74, 6) is 0.0985. The fourth-order valence-corrected chi connectivity index (χ4v) is 2.99. The number of aromatic nitrogens is 1. The van der Waals surface area contributed by atoms with Crippen LogP contribution >= 0.6 is 0 Å². The average molecular weight is 372 g/mol. The standard InChI is InChI=1S/C22H20N4O2/c1-22(2,3)16-9-7-14(8-10-16)18-12-20(25-21(24)19(18)13-23)15-5-4-6-17(11-15)26(27)28/h4-12H,1-3H3,(H2,24,25). The second kappa shape index (κ2) is 7.12. The zero-order chi connectivity index (χ0) is 20.5. The fraction of sp³-hybridized carbons (Fsp3) is 0.182. The van der Waals surface area contributed by atoms with Crippen molar-refractivity contribution in [3.63, 3.8) is 0 Å². The van der Waals surface area contributed by atoms with Crippen LogP contribution in [0.15, 0.2) is 54.6 Å². The Labute approximate surface area is 163 Å². The molecule has 0 bridgehead atoms. The van der Waals surface area contributed by atoms with Crippen molar-refractivity contribution in [2.24, 2.45) is 0 Å². The van der Waals surface area contributed by atoms with Crippen molar-refractivity contribution in [3.05, 3.63) is 75.8 Å². The van der Waals surface area contributed by atoms with Gasteiger partial charge in [0.25, 0.3) is 5.69 Å². The average Bonchev–Trinajstić information content (AvgIpc) is 2.67. The highest BCUT2D eigenvalue weighted by atomic mass is 16.6. The van der Waals surface area contributed by atoms with Crippen molar-refractivity contribution in [1.29, 1.82) is 5.26 Å². The monoisotopic (exact) mass is 372 g/mol. The molecule has 0 fully saturated rings. The van der Waals surface area contributed by atoms with Gasteiger partial charge in [-0.15, -0.1) is 0 Å². The first-order valence-corrected chi connectivity index (χ1v) is 8.77. The first-order valence-electron chi connectivity index (χ1n) is 8.77. The van der Waals surface area contributed by atoms with Crippen LogP contribution < -0.4 is 5.73 Å². The van der Waals surface area contributed by atoms with Crippen molar-refractivity contribution < 1.29 is 4.92 Å².